The first kappa shape index (κ1) is 18.9. The summed E-state index contributed by atoms with van der Waals surface area (Å²) in [6.45, 7) is 15.8. The van der Waals surface area contributed by atoms with E-state index in [-0.39, 0.29) is 0 Å². The van der Waals surface area contributed by atoms with Crippen LogP contribution in [0.15, 0.2) is 4.99 Å². The molecular weight excluding hydrogens is 304 g/mol. The van der Waals surface area contributed by atoms with Gasteiger partial charge in [-0.25, -0.2) is 0 Å². The SMILES string of the molecule is CCNC(=NCC1CCCN(C(C)C)C1)N1CCSC(CC)C1. The average molecular weight is 341 g/mol. The van der Waals surface area contributed by atoms with Crippen molar-refractivity contribution in [2.24, 2.45) is 10.9 Å². The number of aliphatic imine (C=N–C) groups is 1. The topological polar surface area (TPSA) is 30.9 Å². The van der Waals surface area contributed by atoms with E-state index in [0.717, 1.165) is 43.3 Å². The van der Waals surface area contributed by atoms with Gasteiger partial charge in [0.05, 0.1) is 0 Å². The second kappa shape index (κ2) is 9.77. The van der Waals surface area contributed by atoms with Gasteiger partial charge in [-0.1, -0.05) is 6.92 Å². The smallest absolute Gasteiger partial charge is 0.193 e. The van der Waals surface area contributed by atoms with Gasteiger partial charge < -0.3 is 15.1 Å². The lowest BCUT2D eigenvalue weighted by Gasteiger charge is -2.36. The Morgan fingerprint density at radius 1 is 1.26 bits per heavy atom. The molecule has 5 heteroatoms. The normalized spacial score (nSPS) is 27.5. The van der Waals surface area contributed by atoms with E-state index in [1.807, 2.05) is 0 Å². The van der Waals surface area contributed by atoms with E-state index in [4.69, 9.17) is 4.99 Å². The molecule has 0 spiro atoms. The zero-order valence-electron chi connectivity index (χ0n) is 15.6. The number of guanidine groups is 1. The minimum atomic E-state index is 0.666. The largest absolute Gasteiger partial charge is 0.357 e. The van der Waals surface area contributed by atoms with E-state index in [0.29, 0.717) is 6.04 Å². The Balaban J connectivity index is 1.92. The van der Waals surface area contributed by atoms with Gasteiger partial charge in [-0.05, 0) is 52.5 Å². The molecule has 0 aromatic heterocycles. The van der Waals surface area contributed by atoms with Crippen LogP contribution in [0.4, 0.5) is 0 Å². The second-order valence-electron chi connectivity index (χ2n) is 7.14. The van der Waals surface area contributed by atoms with E-state index >= 15 is 0 Å². The van der Waals surface area contributed by atoms with Gasteiger partial charge in [0, 0.05) is 49.8 Å². The van der Waals surface area contributed by atoms with Crippen molar-refractivity contribution >= 4 is 17.7 Å². The fourth-order valence-corrected chi connectivity index (χ4v) is 4.70. The number of rotatable bonds is 5. The first-order valence-corrected chi connectivity index (χ1v) is 10.6. The van der Waals surface area contributed by atoms with Crippen LogP contribution in [0.3, 0.4) is 0 Å². The van der Waals surface area contributed by atoms with Gasteiger partial charge in [-0.15, -0.1) is 0 Å². The van der Waals surface area contributed by atoms with E-state index < -0.39 is 0 Å². The molecule has 0 amide bonds. The Bertz CT molecular complexity index is 372. The Hall–Kier alpha value is -0.420. The Labute approximate surface area is 147 Å². The highest BCUT2D eigenvalue weighted by molar-refractivity contribution is 8.00. The zero-order valence-corrected chi connectivity index (χ0v) is 16.4. The zero-order chi connectivity index (χ0) is 16.7. The molecule has 0 aromatic rings. The van der Waals surface area contributed by atoms with E-state index in [1.54, 1.807) is 0 Å². The van der Waals surface area contributed by atoms with Crippen LogP contribution in [-0.4, -0.2) is 72.1 Å². The summed E-state index contributed by atoms with van der Waals surface area (Å²) in [6, 6.07) is 0.666. The molecule has 2 fully saturated rings. The highest BCUT2D eigenvalue weighted by Crippen LogP contribution is 2.22. The maximum atomic E-state index is 5.02. The van der Waals surface area contributed by atoms with Gasteiger partial charge in [-0.3, -0.25) is 4.99 Å². The third-order valence-corrected chi connectivity index (χ3v) is 6.38. The monoisotopic (exact) mass is 340 g/mol. The lowest BCUT2D eigenvalue weighted by molar-refractivity contribution is 0.143. The Morgan fingerprint density at radius 3 is 2.78 bits per heavy atom. The highest BCUT2D eigenvalue weighted by atomic mass is 32.2. The molecular formula is C18H36N4S. The second-order valence-corrected chi connectivity index (χ2v) is 8.55. The molecule has 134 valence electrons. The number of likely N-dealkylation sites (tertiary alicyclic amines) is 1. The van der Waals surface area contributed by atoms with Crippen molar-refractivity contribution in [2.75, 3.05) is 45.0 Å². The van der Waals surface area contributed by atoms with Crippen LogP contribution in [0.1, 0.15) is 47.0 Å². The van der Waals surface area contributed by atoms with Gasteiger partial charge in [0.25, 0.3) is 0 Å². The van der Waals surface area contributed by atoms with Crippen molar-refractivity contribution < 1.29 is 0 Å². The molecule has 4 nitrogen and oxygen atoms in total. The molecule has 0 bridgehead atoms. The van der Waals surface area contributed by atoms with Crippen LogP contribution in [-0.2, 0) is 0 Å². The van der Waals surface area contributed by atoms with Crippen LogP contribution < -0.4 is 5.32 Å². The van der Waals surface area contributed by atoms with Crippen molar-refractivity contribution in [3.8, 4) is 0 Å². The minimum Gasteiger partial charge on any atom is -0.357 e. The molecule has 0 aliphatic carbocycles. The lowest BCUT2D eigenvalue weighted by atomic mass is 9.97. The number of hydrogen-bond donors (Lipinski definition) is 1. The maximum absolute atomic E-state index is 5.02. The van der Waals surface area contributed by atoms with Crippen molar-refractivity contribution in [3.05, 3.63) is 0 Å². The third-order valence-electron chi connectivity index (χ3n) is 5.01. The quantitative estimate of drug-likeness (QED) is 0.616. The molecule has 0 radical (unpaired) electrons. The van der Waals surface area contributed by atoms with Gasteiger partial charge in [0.15, 0.2) is 5.96 Å². The molecule has 2 saturated heterocycles. The summed E-state index contributed by atoms with van der Waals surface area (Å²) in [7, 11) is 0. The molecule has 2 aliphatic heterocycles. The number of nitrogens with one attached hydrogen (secondary N) is 1. The van der Waals surface area contributed by atoms with Gasteiger partial charge >= 0.3 is 0 Å². The van der Waals surface area contributed by atoms with E-state index in [9.17, 15) is 0 Å². The summed E-state index contributed by atoms with van der Waals surface area (Å²) in [5, 5.41) is 4.29. The number of hydrogen-bond acceptors (Lipinski definition) is 3. The highest BCUT2D eigenvalue weighted by Gasteiger charge is 2.24. The molecule has 1 N–H and O–H groups in total. The summed E-state index contributed by atoms with van der Waals surface area (Å²) in [5.41, 5.74) is 0. The summed E-state index contributed by atoms with van der Waals surface area (Å²) in [6.07, 6.45) is 3.92. The molecule has 0 aromatic carbocycles. The molecule has 2 rings (SSSR count). The Kier molecular flexibility index (Phi) is 8.04. The third kappa shape index (κ3) is 5.86. The van der Waals surface area contributed by atoms with Gasteiger partial charge in [-0.2, -0.15) is 11.8 Å². The predicted octanol–water partition coefficient (Wildman–Crippen LogP) is 2.90. The molecule has 2 atom stereocenters. The van der Waals surface area contributed by atoms with Crippen LogP contribution in [0.2, 0.25) is 0 Å². The summed E-state index contributed by atoms with van der Waals surface area (Å²) in [4.78, 5) is 10.1. The molecule has 2 heterocycles. The summed E-state index contributed by atoms with van der Waals surface area (Å²) >= 11 is 2.12. The van der Waals surface area contributed by atoms with E-state index in [1.165, 1.54) is 38.1 Å². The molecule has 0 saturated carbocycles. The first-order chi connectivity index (χ1) is 11.1. The number of piperidine rings is 1. The molecule has 23 heavy (non-hydrogen) atoms. The predicted molar refractivity (Wildman–Crippen MR) is 104 cm³/mol. The van der Waals surface area contributed by atoms with Crippen LogP contribution in [0.5, 0.6) is 0 Å². The average Bonchev–Trinajstić information content (AvgIpc) is 2.59. The minimum absolute atomic E-state index is 0.666. The van der Waals surface area contributed by atoms with Crippen molar-refractivity contribution in [1.82, 2.24) is 15.1 Å². The molecule has 2 unspecified atom stereocenters. The van der Waals surface area contributed by atoms with Crippen molar-refractivity contribution in [3.63, 3.8) is 0 Å². The molecule has 2 aliphatic rings. The van der Waals surface area contributed by atoms with Crippen molar-refractivity contribution in [2.45, 2.75) is 58.2 Å². The van der Waals surface area contributed by atoms with Gasteiger partial charge in [0.2, 0.25) is 0 Å². The number of thioether (sulfide) groups is 1. The van der Waals surface area contributed by atoms with Crippen molar-refractivity contribution in [1.29, 1.82) is 0 Å². The van der Waals surface area contributed by atoms with Crippen LogP contribution in [0, 0.1) is 5.92 Å². The maximum Gasteiger partial charge on any atom is 0.193 e. The van der Waals surface area contributed by atoms with Crippen LogP contribution >= 0.6 is 11.8 Å². The fourth-order valence-electron chi connectivity index (χ4n) is 3.52. The van der Waals surface area contributed by atoms with Crippen LogP contribution in [0.25, 0.3) is 0 Å². The number of nitrogens with zero attached hydrogens (tertiary/aromatic N) is 3. The summed E-state index contributed by atoms with van der Waals surface area (Å²) in [5.74, 6) is 3.10. The van der Waals surface area contributed by atoms with Gasteiger partial charge in [0.1, 0.15) is 0 Å². The fraction of sp³-hybridized carbons (Fsp3) is 0.944. The lowest BCUT2D eigenvalue weighted by Crippen LogP contribution is -2.48. The van der Waals surface area contributed by atoms with E-state index in [2.05, 4.69) is 54.6 Å². The summed E-state index contributed by atoms with van der Waals surface area (Å²) < 4.78 is 0. The first-order valence-electron chi connectivity index (χ1n) is 9.52. The standard InChI is InChI=1S/C18H36N4S/c1-5-17-14-22(10-11-23-17)18(19-6-2)20-12-16-8-7-9-21(13-16)15(3)4/h15-17H,5-14H2,1-4H3,(H,19,20). The Morgan fingerprint density at radius 2 is 2.09 bits per heavy atom.